The van der Waals surface area contributed by atoms with E-state index in [1.807, 2.05) is 31.4 Å². The van der Waals surface area contributed by atoms with Crippen LogP contribution in [0.5, 0.6) is 5.19 Å². The number of ether oxygens (including phenoxy) is 1. The van der Waals surface area contributed by atoms with Gasteiger partial charge in [0.25, 0.3) is 5.19 Å². The van der Waals surface area contributed by atoms with E-state index in [9.17, 15) is 0 Å². The minimum absolute atomic E-state index is 0.338. The van der Waals surface area contributed by atoms with E-state index in [4.69, 9.17) is 9.57 Å². The Morgan fingerprint density at radius 2 is 2.15 bits per heavy atom. The third-order valence-corrected chi connectivity index (χ3v) is 5.35. The maximum atomic E-state index is 6.43. The number of thiazole rings is 1. The first-order valence-electron chi connectivity index (χ1n) is 8.93. The van der Waals surface area contributed by atoms with E-state index in [0.717, 1.165) is 43.0 Å². The van der Waals surface area contributed by atoms with Crippen molar-refractivity contribution in [2.75, 3.05) is 19.7 Å². The van der Waals surface area contributed by atoms with Gasteiger partial charge in [-0.2, -0.15) is 10.2 Å². The van der Waals surface area contributed by atoms with E-state index in [-0.39, 0.29) is 0 Å². The average molecular weight is 375 g/mol. The Morgan fingerprint density at radius 1 is 1.35 bits per heavy atom. The zero-order valence-corrected chi connectivity index (χ0v) is 16.3. The van der Waals surface area contributed by atoms with E-state index in [0.29, 0.717) is 17.7 Å². The molecule has 8 heteroatoms. The Hall–Kier alpha value is -2.06. The molecule has 0 spiro atoms. The molecule has 1 unspecified atom stereocenters. The molecule has 1 aliphatic rings. The van der Waals surface area contributed by atoms with E-state index in [1.54, 1.807) is 6.21 Å². The molecule has 1 fully saturated rings. The summed E-state index contributed by atoms with van der Waals surface area (Å²) in [7, 11) is 0. The number of nitrogens with zero attached hydrogens (tertiary/aromatic N) is 4. The van der Waals surface area contributed by atoms with Crippen LogP contribution in [0.25, 0.3) is 0 Å². The summed E-state index contributed by atoms with van der Waals surface area (Å²) in [5.41, 5.74) is 1.88. The summed E-state index contributed by atoms with van der Waals surface area (Å²) in [6, 6.07) is 3.99. The summed E-state index contributed by atoms with van der Waals surface area (Å²) >= 11 is 1.45. The molecule has 1 aliphatic heterocycles. The van der Waals surface area contributed by atoms with Gasteiger partial charge in [0.05, 0.1) is 17.6 Å². The SMILES string of the molecule is CCON=Cc1csc(OC(C)(c2ccc(C)nn2)C2CCNCC2)n1. The lowest BCUT2D eigenvalue weighted by molar-refractivity contribution is 0.00208. The number of aryl methyl sites for hydroxylation is 1. The van der Waals surface area contributed by atoms with Crippen molar-refractivity contribution in [3.05, 3.63) is 34.6 Å². The number of aromatic nitrogens is 3. The molecule has 3 heterocycles. The van der Waals surface area contributed by atoms with Crippen LogP contribution in [0.4, 0.5) is 0 Å². The van der Waals surface area contributed by atoms with Gasteiger partial charge < -0.3 is 14.9 Å². The maximum Gasteiger partial charge on any atom is 0.274 e. The van der Waals surface area contributed by atoms with E-state index < -0.39 is 5.60 Å². The van der Waals surface area contributed by atoms with E-state index in [2.05, 4.69) is 32.6 Å². The van der Waals surface area contributed by atoms with Gasteiger partial charge in [-0.25, -0.2) is 4.98 Å². The van der Waals surface area contributed by atoms with Crippen LogP contribution in [0, 0.1) is 12.8 Å². The van der Waals surface area contributed by atoms with Crippen molar-refractivity contribution in [3.8, 4) is 5.19 Å². The maximum absolute atomic E-state index is 6.43. The molecule has 1 N–H and O–H groups in total. The summed E-state index contributed by atoms with van der Waals surface area (Å²) in [5, 5.41) is 18.4. The highest BCUT2D eigenvalue weighted by Gasteiger charge is 2.41. The van der Waals surface area contributed by atoms with Crippen LogP contribution in [0.1, 0.15) is 43.8 Å². The highest BCUT2D eigenvalue weighted by Crippen LogP contribution is 2.39. The number of rotatable bonds is 7. The summed E-state index contributed by atoms with van der Waals surface area (Å²) in [4.78, 5) is 9.50. The molecule has 0 aromatic carbocycles. The Balaban J connectivity index is 1.85. The first kappa shape index (κ1) is 18.7. The largest absolute Gasteiger partial charge is 0.457 e. The average Bonchev–Trinajstić information content (AvgIpc) is 3.10. The predicted molar refractivity (Wildman–Crippen MR) is 102 cm³/mol. The van der Waals surface area contributed by atoms with Crippen LogP contribution in [0.3, 0.4) is 0 Å². The summed E-state index contributed by atoms with van der Waals surface area (Å²) in [6.07, 6.45) is 3.65. The normalized spacial score (nSPS) is 18.0. The lowest BCUT2D eigenvalue weighted by Crippen LogP contribution is -2.44. The number of piperidine rings is 1. The topological polar surface area (TPSA) is 81.5 Å². The standard InChI is InChI=1S/C18H25N5O2S/c1-4-24-20-11-15-12-26-17(21-15)25-18(3,14-7-9-19-10-8-14)16-6-5-13(2)22-23-16/h5-6,11-12,14,19H,4,7-10H2,1-3H3. The summed E-state index contributed by atoms with van der Waals surface area (Å²) in [5.74, 6) is 0.338. The molecule has 0 amide bonds. The van der Waals surface area contributed by atoms with Gasteiger partial charge in [0.2, 0.25) is 0 Å². The summed E-state index contributed by atoms with van der Waals surface area (Å²) in [6.45, 7) is 8.41. The van der Waals surface area contributed by atoms with Crippen molar-refractivity contribution in [1.29, 1.82) is 0 Å². The smallest absolute Gasteiger partial charge is 0.274 e. The van der Waals surface area contributed by atoms with Gasteiger partial charge in [-0.05, 0) is 58.8 Å². The van der Waals surface area contributed by atoms with Crippen LogP contribution < -0.4 is 10.1 Å². The van der Waals surface area contributed by atoms with Gasteiger partial charge in [0.15, 0.2) is 5.60 Å². The predicted octanol–water partition coefficient (Wildman–Crippen LogP) is 2.91. The van der Waals surface area contributed by atoms with Crippen LogP contribution in [-0.2, 0) is 10.4 Å². The van der Waals surface area contributed by atoms with Gasteiger partial charge in [-0.3, -0.25) is 0 Å². The first-order valence-corrected chi connectivity index (χ1v) is 9.81. The molecule has 7 nitrogen and oxygen atoms in total. The zero-order valence-electron chi connectivity index (χ0n) is 15.4. The number of nitrogens with one attached hydrogen (secondary N) is 1. The van der Waals surface area contributed by atoms with Crippen molar-refractivity contribution in [3.63, 3.8) is 0 Å². The number of hydrogen-bond acceptors (Lipinski definition) is 8. The monoisotopic (exact) mass is 375 g/mol. The van der Waals surface area contributed by atoms with Crippen LogP contribution in [-0.4, -0.2) is 41.1 Å². The van der Waals surface area contributed by atoms with Gasteiger partial charge in [-0.1, -0.05) is 16.5 Å². The van der Waals surface area contributed by atoms with E-state index >= 15 is 0 Å². The third kappa shape index (κ3) is 4.37. The van der Waals surface area contributed by atoms with Crippen molar-refractivity contribution in [2.45, 2.75) is 39.2 Å². The first-order chi connectivity index (χ1) is 12.6. The molecule has 0 radical (unpaired) electrons. The second-order valence-electron chi connectivity index (χ2n) is 6.48. The molecule has 1 saturated heterocycles. The Labute approximate surface area is 157 Å². The lowest BCUT2D eigenvalue weighted by atomic mass is 9.79. The quantitative estimate of drug-likeness (QED) is 0.592. The molecule has 0 bridgehead atoms. The van der Waals surface area contributed by atoms with Crippen LogP contribution in [0.2, 0.25) is 0 Å². The minimum Gasteiger partial charge on any atom is -0.457 e. The molecular formula is C18H25N5O2S. The minimum atomic E-state index is -0.574. The summed E-state index contributed by atoms with van der Waals surface area (Å²) < 4.78 is 6.43. The molecule has 26 heavy (non-hydrogen) atoms. The fourth-order valence-corrected chi connectivity index (χ4v) is 3.82. The molecule has 140 valence electrons. The number of oxime groups is 1. The van der Waals surface area contributed by atoms with Gasteiger partial charge in [0.1, 0.15) is 12.3 Å². The Bertz CT molecular complexity index is 727. The number of hydrogen-bond donors (Lipinski definition) is 1. The molecular weight excluding hydrogens is 350 g/mol. The third-order valence-electron chi connectivity index (χ3n) is 4.61. The van der Waals surface area contributed by atoms with Gasteiger partial charge in [0, 0.05) is 11.3 Å². The Kier molecular flexibility index (Phi) is 6.16. The van der Waals surface area contributed by atoms with Crippen molar-refractivity contribution >= 4 is 17.6 Å². The molecule has 3 rings (SSSR count). The van der Waals surface area contributed by atoms with E-state index in [1.165, 1.54) is 11.3 Å². The zero-order chi connectivity index (χ0) is 18.4. The van der Waals surface area contributed by atoms with Crippen LogP contribution in [0.15, 0.2) is 22.7 Å². The van der Waals surface area contributed by atoms with Gasteiger partial charge in [-0.15, -0.1) is 0 Å². The fourth-order valence-electron chi connectivity index (χ4n) is 3.10. The van der Waals surface area contributed by atoms with Crippen molar-refractivity contribution in [2.24, 2.45) is 11.1 Å². The van der Waals surface area contributed by atoms with Crippen molar-refractivity contribution in [1.82, 2.24) is 20.5 Å². The second-order valence-corrected chi connectivity index (χ2v) is 7.30. The second kappa shape index (κ2) is 8.55. The lowest BCUT2D eigenvalue weighted by Gasteiger charge is -2.38. The Morgan fingerprint density at radius 3 is 2.85 bits per heavy atom. The van der Waals surface area contributed by atoms with Crippen LogP contribution >= 0.6 is 11.3 Å². The molecule has 0 aliphatic carbocycles. The highest BCUT2D eigenvalue weighted by molar-refractivity contribution is 7.11. The molecule has 0 saturated carbocycles. The molecule has 1 atom stereocenters. The highest BCUT2D eigenvalue weighted by atomic mass is 32.1. The molecule has 2 aromatic rings. The fraction of sp³-hybridized carbons (Fsp3) is 0.556. The van der Waals surface area contributed by atoms with Crippen molar-refractivity contribution < 1.29 is 9.57 Å². The molecule has 2 aromatic heterocycles. The van der Waals surface area contributed by atoms with Gasteiger partial charge >= 0.3 is 0 Å².